The van der Waals surface area contributed by atoms with E-state index >= 15 is 0 Å². The van der Waals surface area contributed by atoms with Crippen molar-refractivity contribution < 1.29 is 28.5 Å². The van der Waals surface area contributed by atoms with Crippen LogP contribution in [-0.2, 0) is 10.0 Å². The summed E-state index contributed by atoms with van der Waals surface area (Å²) < 4.78 is 26.9. The topological polar surface area (TPSA) is 124 Å². The fourth-order valence-electron chi connectivity index (χ4n) is 2.37. The van der Waals surface area contributed by atoms with Crippen LogP contribution in [0, 0.1) is 0 Å². The molecule has 7 nitrogen and oxygen atoms in total. The van der Waals surface area contributed by atoms with Crippen LogP contribution in [0.3, 0.4) is 0 Å². The van der Waals surface area contributed by atoms with Crippen LogP contribution in [0.1, 0.15) is 36.0 Å². The molecule has 2 atom stereocenters. The van der Waals surface area contributed by atoms with Crippen molar-refractivity contribution in [3.05, 3.63) is 23.8 Å². The molecule has 1 aromatic carbocycles. The van der Waals surface area contributed by atoms with Crippen molar-refractivity contribution in [1.82, 2.24) is 4.72 Å². The molecule has 1 aliphatic carbocycles. The highest BCUT2D eigenvalue weighted by atomic mass is 32.2. The highest BCUT2D eigenvalue weighted by Crippen LogP contribution is 2.24. The lowest BCUT2D eigenvalue weighted by Gasteiger charge is -2.28. The molecule has 0 bridgehead atoms. The van der Waals surface area contributed by atoms with E-state index in [9.17, 15) is 23.4 Å². The van der Waals surface area contributed by atoms with E-state index in [2.05, 4.69) is 4.72 Å². The molecule has 2 unspecified atom stereocenters. The number of phenols is 1. The van der Waals surface area contributed by atoms with Crippen LogP contribution in [-0.4, -0.2) is 41.9 Å². The summed E-state index contributed by atoms with van der Waals surface area (Å²) in [4.78, 5) is 10.7. The summed E-state index contributed by atoms with van der Waals surface area (Å²) in [6.45, 7) is 0. The number of rotatable bonds is 4. The maximum absolute atomic E-state index is 12.2. The minimum absolute atomic E-state index is 0.254. The van der Waals surface area contributed by atoms with Gasteiger partial charge in [-0.25, -0.2) is 17.9 Å². The Bertz CT molecular complexity index is 642. The van der Waals surface area contributed by atoms with Gasteiger partial charge in [0.1, 0.15) is 11.3 Å². The summed E-state index contributed by atoms with van der Waals surface area (Å²) in [5.41, 5.74) is -0.484. The predicted molar refractivity (Wildman–Crippen MR) is 73.7 cm³/mol. The molecule has 2 rings (SSSR count). The van der Waals surface area contributed by atoms with Gasteiger partial charge in [-0.15, -0.1) is 0 Å². The van der Waals surface area contributed by atoms with Gasteiger partial charge in [-0.1, -0.05) is 12.8 Å². The van der Waals surface area contributed by atoms with Gasteiger partial charge in [0.2, 0.25) is 10.0 Å². The predicted octanol–water partition coefficient (Wildman–Crippen LogP) is 0.672. The van der Waals surface area contributed by atoms with Crippen LogP contribution in [0.2, 0.25) is 0 Å². The average Bonchev–Trinajstić information content (AvgIpc) is 2.41. The Labute approximate surface area is 122 Å². The summed E-state index contributed by atoms with van der Waals surface area (Å²) in [6.07, 6.45) is 1.99. The molecule has 0 spiro atoms. The quantitative estimate of drug-likeness (QED) is 0.647. The van der Waals surface area contributed by atoms with Gasteiger partial charge in [0.25, 0.3) is 0 Å². The van der Waals surface area contributed by atoms with Gasteiger partial charge in [0.15, 0.2) is 0 Å². The number of aliphatic hydroxyl groups excluding tert-OH is 1. The lowest BCUT2D eigenvalue weighted by atomic mass is 9.93. The van der Waals surface area contributed by atoms with Crippen LogP contribution in [0.25, 0.3) is 0 Å². The molecule has 1 saturated carbocycles. The smallest absolute Gasteiger partial charge is 0.339 e. The Hall–Kier alpha value is -1.64. The molecule has 4 N–H and O–H groups in total. The number of carboxylic acid groups (broad SMARTS) is 1. The van der Waals surface area contributed by atoms with Gasteiger partial charge >= 0.3 is 5.97 Å². The summed E-state index contributed by atoms with van der Waals surface area (Å²) in [5.74, 6) is -1.92. The lowest BCUT2D eigenvalue weighted by molar-refractivity contribution is 0.0693. The number of aromatic hydroxyl groups is 1. The van der Waals surface area contributed by atoms with E-state index in [1.54, 1.807) is 0 Å². The van der Waals surface area contributed by atoms with Gasteiger partial charge in [-0.05, 0) is 31.0 Å². The molecule has 21 heavy (non-hydrogen) atoms. The third kappa shape index (κ3) is 3.52. The van der Waals surface area contributed by atoms with E-state index in [1.807, 2.05) is 0 Å². The number of sulfonamides is 1. The van der Waals surface area contributed by atoms with E-state index in [-0.39, 0.29) is 4.90 Å². The number of aromatic carboxylic acids is 1. The van der Waals surface area contributed by atoms with Crippen LogP contribution in [0.15, 0.2) is 23.1 Å². The van der Waals surface area contributed by atoms with Crippen LogP contribution < -0.4 is 4.72 Å². The maximum atomic E-state index is 12.2. The zero-order valence-corrected chi connectivity index (χ0v) is 12.0. The minimum atomic E-state index is -3.95. The third-order valence-corrected chi connectivity index (χ3v) is 5.03. The molecule has 1 aliphatic rings. The fourth-order valence-corrected chi connectivity index (χ4v) is 3.70. The van der Waals surface area contributed by atoms with E-state index in [4.69, 9.17) is 5.11 Å². The molecule has 0 heterocycles. The number of carboxylic acids is 1. The summed E-state index contributed by atoms with van der Waals surface area (Å²) in [5, 5.41) is 28.1. The Morgan fingerprint density at radius 2 is 1.90 bits per heavy atom. The molecule has 0 radical (unpaired) electrons. The fraction of sp³-hybridized carbons (Fsp3) is 0.462. The molecule has 0 aliphatic heterocycles. The number of benzene rings is 1. The number of hydrogen-bond donors (Lipinski definition) is 4. The largest absolute Gasteiger partial charge is 0.507 e. The van der Waals surface area contributed by atoms with E-state index < -0.39 is 39.5 Å². The zero-order valence-electron chi connectivity index (χ0n) is 11.2. The number of aliphatic hydroxyl groups is 1. The molecule has 0 aromatic heterocycles. The van der Waals surface area contributed by atoms with Crippen molar-refractivity contribution in [2.75, 3.05) is 0 Å². The van der Waals surface area contributed by atoms with E-state index in [0.29, 0.717) is 12.8 Å². The van der Waals surface area contributed by atoms with Crippen molar-refractivity contribution in [2.45, 2.75) is 42.7 Å². The van der Waals surface area contributed by atoms with Gasteiger partial charge < -0.3 is 15.3 Å². The number of nitrogens with one attached hydrogen (secondary N) is 1. The minimum Gasteiger partial charge on any atom is -0.507 e. The Morgan fingerprint density at radius 3 is 2.52 bits per heavy atom. The summed E-state index contributed by atoms with van der Waals surface area (Å²) >= 11 is 0. The molecule has 1 fully saturated rings. The van der Waals surface area contributed by atoms with Crippen molar-refractivity contribution in [1.29, 1.82) is 0 Å². The average molecular weight is 315 g/mol. The van der Waals surface area contributed by atoms with Crippen LogP contribution in [0.5, 0.6) is 5.75 Å². The standard InChI is InChI=1S/C13H17NO6S/c15-11-6-5-8(7-9(11)13(17)18)21(19,20)14-10-3-1-2-4-12(10)16/h5-7,10,12,14-16H,1-4H2,(H,17,18). The monoisotopic (exact) mass is 315 g/mol. The zero-order chi connectivity index (χ0) is 15.6. The first-order chi connectivity index (χ1) is 9.81. The van der Waals surface area contributed by atoms with Crippen LogP contribution in [0.4, 0.5) is 0 Å². The van der Waals surface area contributed by atoms with Gasteiger partial charge in [-0.3, -0.25) is 0 Å². The van der Waals surface area contributed by atoms with Crippen molar-refractivity contribution in [2.24, 2.45) is 0 Å². The Morgan fingerprint density at radius 1 is 1.24 bits per heavy atom. The lowest BCUT2D eigenvalue weighted by Crippen LogP contribution is -2.44. The molecule has 8 heteroatoms. The first-order valence-electron chi connectivity index (χ1n) is 6.58. The van der Waals surface area contributed by atoms with E-state index in [0.717, 1.165) is 31.0 Å². The van der Waals surface area contributed by atoms with Gasteiger partial charge in [0, 0.05) is 6.04 Å². The molecule has 116 valence electrons. The second-order valence-electron chi connectivity index (χ2n) is 5.06. The number of hydrogen-bond acceptors (Lipinski definition) is 5. The molecule has 0 amide bonds. The SMILES string of the molecule is O=C(O)c1cc(S(=O)(=O)NC2CCCCC2O)ccc1O. The van der Waals surface area contributed by atoms with Gasteiger partial charge in [0.05, 0.1) is 11.0 Å². The molecule has 1 aromatic rings. The Balaban J connectivity index is 2.27. The maximum Gasteiger partial charge on any atom is 0.339 e. The Kier molecular flexibility index (Phi) is 4.50. The molecular weight excluding hydrogens is 298 g/mol. The first-order valence-corrected chi connectivity index (χ1v) is 8.06. The van der Waals surface area contributed by atoms with Crippen molar-refractivity contribution >= 4 is 16.0 Å². The highest BCUT2D eigenvalue weighted by molar-refractivity contribution is 7.89. The molecule has 0 saturated heterocycles. The molecular formula is C13H17NO6S. The third-order valence-electron chi connectivity index (χ3n) is 3.54. The second kappa shape index (κ2) is 6.00. The normalized spacial score (nSPS) is 22.9. The number of carbonyl (C=O) groups is 1. The van der Waals surface area contributed by atoms with E-state index in [1.165, 1.54) is 0 Å². The second-order valence-corrected chi connectivity index (χ2v) is 6.78. The first kappa shape index (κ1) is 15.7. The van der Waals surface area contributed by atoms with Gasteiger partial charge in [-0.2, -0.15) is 0 Å². The van der Waals surface area contributed by atoms with Crippen LogP contribution >= 0.6 is 0 Å². The highest BCUT2D eigenvalue weighted by Gasteiger charge is 2.28. The van der Waals surface area contributed by atoms with Crippen molar-refractivity contribution in [3.63, 3.8) is 0 Å². The van der Waals surface area contributed by atoms with Crippen molar-refractivity contribution in [3.8, 4) is 5.75 Å². The summed E-state index contributed by atoms with van der Waals surface area (Å²) in [7, 11) is -3.95. The summed E-state index contributed by atoms with van der Waals surface area (Å²) in [6, 6.07) is 2.47.